The highest BCUT2D eigenvalue weighted by atomic mass is 32.2. The number of sulfonamides is 1. The molecule has 1 aromatic heterocycles. The van der Waals surface area contributed by atoms with Crippen LogP contribution in [0.3, 0.4) is 0 Å². The van der Waals surface area contributed by atoms with E-state index < -0.39 is 15.3 Å². The Morgan fingerprint density at radius 3 is 2.38 bits per heavy atom. The molecule has 0 amide bonds. The van der Waals surface area contributed by atoms with E-state index in [2.05, 4.69) is 20.0 Å². The van der Waals surface area contributed by atoms with Crippen molar-refractivity contribution in [1.82, 2.24) is 9.97 Å². The summed E-state index contributed by atoms with van der Waals surface area (Å²) in [6.07, 6.45) is 4.61. The Hall–Kier alpha value is -2.91. The average Bonchev–Trinajstić information content (AvgIpc) is 2.81. The number of nitrogens with zero attached hydrogens (tertiary/aromatic N) is 2. The fourth-order valence-electron chi connectivity index (χ4n) is 4.02. The molecule has 0 unspecified atom stereocenters. The molecule has 170 valence electrons. The van der Waals surface area contributed by atoms with Crippen LogP contribution in [0.25, 0.3) is 11.0 Å². The minimum atomic E-state index is -3.61. The maximum Gasteiger partial charge on any atom is 0.236 e. The predicted octanol–water partition coefficient (Wildman–Crippen LogP) is 3.99. The number of aliphatic hydroxyl groups is 1. The zero-order valence-electron chi connectivity index (χ0n) is 18.0. The molecule has 9 heteroatoms. The number of anilines is 3. The number of nitrogens with one attached hydrogen (secondary N) is 2. The summed E-state index contributed by atoms with van der Waals surface area (Å²) < 4.78 is 34.3. The van der Waals surface area contributed by atoms with Crippen LogP contribution in [-0.4, -0.2) is 42.5 Å². The average molecular weight is 457 g/mol. The molecular weight excluding hydrogens is 428 g/mol. The van der Waals surface area contributed by atoms with Crippen molar-refractivity contribution < 1.29 is 18.3 Å². The standard InChI is InChI=1S/C23H28N4O4S/c1-31-17-12-11-16(13-14-28)21(15-17)26-22-23(25-20-10-6-5-9-19(20)24-22)27-32(29,30)18-7-3-2-4-8-18/h5-6,9-12,15,18,28H,2-4,7-8,13-14H2,1H3,(H,24,26)(H,25,27). The lowest BCUT2D eigenvalue weighted by Gasteiger charge is -2.23. The zero-order valence-corrected chi connectivity index (χ0v) is 18.9. The van der Waals surface area contributed by atoms with Crippen LogP contribution in [0.1, 0.15) is 37.7 Å². The number of rotatable bonds is 8. The van der Waals surface area contributed by atoms with Crippen LogP contribution in [0, 0.1) is 0 Å². The maximum absolute atomic E-state index is 13.1. The van der Waals surface area contributed by atoms with Crippen molar-refractivity contribution >= 4 is 38.4 Å². The number of aliphatic hydroxyl groups excluding tert-OH is 1. The number of ether oxygens (including phenoxy) is 1. The summed E-state index contributed by atoms with van der Waals surface area (Å²) in [5.74, 6) is 1.09. The van der Waals surface area contributed by atoms with E-state index >= 15 is 0 Å². The van der Waals surface area contributed by atoms with E-state index in [0.29, 0.717) is 47.6 Å². The third-order valence-electron chi connectivity index (χ3n) is 5.75. The van der Waals surface area contributed by atoms with Gasteiger partial charge >= 0.3 is 0 Å². The quantitative estimate of drug-likeness (QED) is 0.470. The van der Waals surface area contributed by atoms with Gasteiger partial charge in [0.15, 0.2) is 11.6 Å². The lowest BCUT2D eigenvalue weighted by atomic mass is 10.0. The molecule has 0 bridgehead atoms. The summed E-state index contributed by atoms with van der Waals surface area (Å²) in [5.41, 5.74) is 2.76. The van der Waals surface area contributed by atoms with Crippen LogP contribution in [0.2, 0.25) is 0 Å². The first-order valence-electron chi connectivity index (χ1n) is 10.8. The van der Waals surface area contributed by atoms with Crippen LogP contribution in [-0.2, 0) is 16.4 Å². The number of hydrogen-bond acceptors (Lipinski definition) is 7. The van der Waals surface area contributed by atoms with Crippen molar-refractivity contribution in [2.75, 3.05) is 23.8 Å². The van der Waals surface area contributed by atoms with Gasteiger partial charge in [0.1, 0.15) is 5.75 Å². The SMILES string of the molecule is COc1ccc(CCO)c(Nc2nc3ccccc3nc2NS(=O)(=O)C2CCCCC2)c1. The Kier molecular flexibility index (Phi) is 6.76. The lowest BCUT2D eigenvalue weighted by molar-refractivity contribution is 0.299. The van der Waals surface area contributed by atoms with Crippen molar-refractivity contribution in [2.24, 2.45) is 0 Å². The van der Waals surface area contributed by atoms with Crippen molar-refractivity contribution in [3.63, 3.8) is 0 Å². The van der Waals surface area contributed by atoms with E-state index in [4.69, 9.17) is 4.74 Å². The number of hydrogen-bond donors (Lipinski definition) is 3. The molecule has 1 saturated carbocycles. The van der Waals surface area contributed by atoms with Crippen molar-refractivity contribution in [3.05, 3.63) is 48.0 Å². The van der Waals surface area contributed by atoms with Gasteiger partial charge < -0.3 is 15.2 Å². The number of benzene rings is 2. The smallest absolute Gasteiger partial charge is 0.236 e. The van der Waals surface area contributed by atoms with Gasteiger partial charge in [-0.25, -0.2) is 18.4 Å². The van der Waals surface area contributed by atoms with Crippen molar-refractivity contribution in [1.29, 1.82) is 0 Å². The fraction of sp³-hybridized carbons (Fsp3) is 0.391. The molecule has 2 aromatic carbocycles. The van der Waals surface area contributed by atoms with E-state index in [1.165, 1.54) is 0 Å². The minimum Gasteiger partial charge on any atom is -0.497 e. The zero-order chi connectivity index (χ0) is 22.6. The van der Waals surface area contributed by atoms with Crippen LogP contribution in [0.5, 0.6) is 5.75 Å². The van der Waals surface area contributed by atoms with E-state index in [9.17, 15) is 13.5 Å². The van der Waals surface area contributed by atoms with E-state index in [1.807, 2.05) is 30.3 Å². The van der Waals surface area contributed by atoms with E-state index in [-0.39, 0.29) is 12.4 Å². The Labute approximate surface area is 188 Å². The van der Waals surface area contributed by atoms with Gasteiger partial charge in [-0.15, -0.1) is 0 Å². The molecule has 0 saturated heterocycles. The molecule has 0 atom stereocenters. The van der Waals surface area contributed by atoms with Crippen LogP contribution in [0.4, 0.5) is 17.3 Å². The Morgan fingerprint density at radius 1 is 1.03 bits per heavy atom. The first-order chi connectivity index (χ1) is 15.5. The van der Waals surface area contributed by atoms with Gasteiger partial charge in [0, 0.05) is 18.4 Å². The number of para-hydroxylation sites is 2. The topological polar surface area (TPSA) is 113 Å². The van der Waals surface area contributed by atoms with Crippen LogP contribution in [0.15, 0.2) is 42.5 Å². The number of aromatic nitrogens is 2. The number of fused-ring (bicyclic) bond motifs is 1. The highest BCUT2D eigenvalue weighted by Gasteiger charge is 2.29. The molecule has 1 aliphatic carbocycles. The van der Waals surface area contributed by atoms with Gasteiger partial charge in [-0.05, 0) is 43.0 Å². The Balaban J connectivity index is 1.75. The second-order valence-electron chi connectivity index (χ2n) is 7.94. The second-order valence-corrected chi connectivity index (χ2v) is 9.90. The molecule has 3 N–H and O–H groups in total. The van der Waals surface area contributed by atoms with Gasteiger partial charge in [0.25, 0.3) is 0 Å². The molecule has 1 fully saturated rings. The summed E-state index contributed by atoms with van der Waals surface area (Å²) >= 11 is 0. The molecule has 4 rings (SSSR count). The lowest BCUT2D eigenvalue weighted by Crippen LogP contribution is -2.30. The van der Waals surface area contributed by atoms with Crippen LogP contribution < -0.4 is 14.8 Å². The molecule has 0 aliphatic heterocycles. The Morgan fingerprint density at radius 2 is 1.72 bits per heavy atom. The molecule has 32 heavy (non-hydrogen) atoms. The normalized spacial score (nSPS) is 14.9. The van der Waals surface area contributed by atoms with Crippen LogP contribution >= 0.6 is 0 Å². The summed E-state index contributed by atoms with van der Waals surface area (Å²) in [4.78, 5) is 9.23. The van der Waals surface area contributed by atoms with Gasteiger partial charge in [0.05, 0.1) is 23.4 Å². The highest BCUT2D eigenvalue weighted by molar-refractivity contribution is 7.93. The largest absolute Gasteiger partial charge is 0.497 e. The molecular formula is C23H28N4O4S. The molecule has 8 nitrogen and oxygen atoms in total. The summed E-state index contributed by atoms with van der Waals surface area (Å²) in [6.45, 7) is -0.0222. The van der Waals surface area contributed by atoms with Gasteiger partial charge in [-0.2, -0.15) is 0 Å². The second kappa shape index (κ2) is 9.70. The molecule has 1 heterocycles. The summed E-state index contributed by atoms with van der Waals surface area (Å²) in [7, 11) is -2.04. The molecule has 3 aromatic rings. The molecule has 1 aliphatic rings. The fourth-order valence-corrected chi connectivity index (χ4v) is 5.55. The first kappa shape index (κ1) is 22.3. The predicted molar refractivity (Wildman–Crippen MR) is 126 cm³/mol. The van der Waals surface area contributed by atoms with Gasteiger partial charge in [0.2, 0.25) is 10.0 Å². The molecule has 0 spiro atoms. The first-order valence-corrected chi connectivity index (χ1v) is 12.4. The summed E-state index contributed by atoms with van der Waals surface area (Å²) in [5, 5.41) is 12.2. The third-order valence-corrected chi connectivity index (χ3v) is 7.58. The minimum absolute atomic E-state index is 0.0222. The molecule has 0 radical (unpaired) electrons. The maximum atomic E-state index is 13.1. The van der Waals surface area contributed by atoms with Crippen molar-refractivity contribution in [3.8, 4) is 5.75 Å². The number of methoxy groups -OCH3 is 1. The Bertz CT molecular complexity index is 1190. The van der Waals surface area contributed by atoms with E-state index in [1.54, 1.807) is 19.2 Å². The van der Waals surface area contributed by atoms with Crippen molar-refractivity contribution in [2.45, 2.75) is 43.8 Å². The third kappa shape index (κ3) is 4.94. The van der Waals surface area contributed by atoms with E-state index in [0.717, 1.165) is 24.8 Å². The van der Waals surface area contributed by atoms with Gasteiger partial charge in [-0.1, -0.05) is 37.5 Å². The highest BCUT2D eigenvalue weighted by Crippen LogP contribution is 2.32. The van der Waals surface area contributed by atoms with Gasteiger partial charge in [-0.3, -0.25) is 4.72 Å². The summed E-state index contributed by atoms with van der Waals surface area (Å²) in [6, 6.07) is 12.8. The monoisotopic (exact) mass is 456 g/mol.